The molecule has 0 saturated carbocycles. The van der Waals surface area contributed by atoms with Crippen LogP contribution in [0.4, 0.5) is 0 Å². The van der Waals surface area contributed by atoms with Crippen LogP contribution in [-0.2, 0) is 25.6 Å². The summed E-state index contributed by atoms with van der Waals surface area (Å²) in [7, 11) is 0. The number of nitrogens with zero attached hydrogens (tertiary/aromatic N) is 1. The average molecular weight is 510 g/mol. The number of aromatic nitrogens is 2. The first-order valence-electron chi connectivity index (χ1n) is 12.5. The van der Waals surface area contributed by atoms with Gasteiger partial charge in [0.05, 0.1) is 12.4 Å². The van der Waals surface area contributed by atoms with Crippen LogP contribution in [0.15, 0.2) is 12.5 Å². The third-order valence-electron chi connectivity index (χ3n) is 5.57. The summed E-state index contributed by atoms with van der Waals surface area (Å²) < 4.78 is 0. The molecule has 0 aromatic carbocycles. The molecular formula is C24H43N7O5. The number of H-pyrrole nitrogens is 1. The fourth-order valence-corrected chi connectivity index (χ4v) is 3.71. The number of aliphatic carboxylic acids is 1. The van der Waals surface area contributed by atoms with Crippen LogP contribution in [0.5, 0.6) is 0 Å². The Kier molecular flexibility index (Phi) is 13.7. The van der Waals surface area contributed by atoms with Crippen molar-refractivity contribution in [1.29, 1.82) is 0 Å². The normalized spacial score (nSPS) is 14.7. The Morgan fingerprint density at radius 2 is 1.47 bits per heavy atom. The number of carboxylic acid groups (broad SMARTS) is 1. The van der Waals surface area contributed by atoms with Gasteiger partial charge < -0.3 is 37.5 Å². The molecule has 1 aromatic rings. The number of carbonyl (C=O) groups excluding carboxylic acids is 3. The number of aromatic amines is 1. The van der Waals surface area contributed by atoms with E-state index in [0.717, 1.165) is 0 Å². The molecule has 0 aliphatic rings. The molecule has 36 heavy (non-hydrogen) atoms. The Bertz CT molecular complexity index is 829. The third-order valence-corrected chi connectivity index (χ3v) is 5.57. The number of amides is 3. The largest absolute Gasteiger partial charge is 0.480 e. The van der Waals surface area contributed by atoms with E-state index in [1.807, 2.05) is 27.7 Å². The summed E-state index contributed by atoms with van der Waals surface area (Å²) in [6.45, 7) is 7.95. The molecule has 12 nitrogen and oxygen atoms in total. The van der Waals surface area contributed by atoms with Crippen LogP contribution in [0.2, 0.25) is 0 Å². The molecule has 1 rings (SSSR count). The Balaban J connectivity index is 2.95. The predicted molar refractivity (Wildman–Crippen MR) is 136 cm³/mol. The molecule has 4 atom stereocenters. The van der Waals surface area contributed by atoms with E-state index in [1.165, 1.54) is 6.33 Å². The summed E-state index contributed by atoms with van der Waals surface area (Å²) in [6, 6.07) is -3.86. The lowest BCUT2D eigenvalue weighted by atomic mass is 9.99. The van der Waals surface area contributed by atoms with E-state index in [9.17, 15) is 24.3 Å². The molecule has 1 aromatic heterocycles. The Labute approximate surface area is 212 Å². The number of hydrogen-bond donors (Lipinski definition) is 7. The van der Waals surface area contributed by atoms with Gasteiger partial charge in [0.25, 0.3) is 0 Å². The topological polar surface area (TPSA) is 205 Å². The average Bonchev–Trinajstić information content (AvgIpc) is 3.29. The molecule has 0 aliphatic heterocycles. The summed E-state index contributed by atoms with van der Waals surface area (Å²) in [4.78, 5) is 57.3. The molecule has 0 aliphatic carbocycles. The van der Waals surface area contributed by atoms with Crippen LogP contribution in [0, 0.1) is 11.8 Å². The van der Waals surface area contributed by atoms with Crippen molar-refractivity contribution in [2.45, 2.75) is 90.4 Å². The number of nitrogens with two attached hydrogens (primary N) is 2. The maximum Gasteiger partial charge on any atom is 0.326 e. The number of hydrogen-bond acceptors (Lipinski definition) is 7. The van der Waals surface area contributed by atoms with Crippen molar-refractivity contribution in [3.63, 3.8) is 0 Å². The highest BCUT2D eigenvalue weighted by Crippen LogP contribution is 2.10. The fraction of sp³-hybridized carbons (Fsp3) is 0.708. The standard InChI is InChI=1S/C24H43N7O5/c1-14(2)9-19(23(34)31-20(24(35)36)10-15(3)4)30-22(33)18(7-5-6-8-25)29-21(32)17(26)11-16-12-27-13-28-16/h12-15,17-20H,5-11,25-26H2,1-4H3,(H,27,28)(H,29,32)(H,30,33)(H,31,34)(H,35,36). The quantitative estimate of drug-likeness (QED) is 0.142. The first kappa shape index (κ1) is 31.0. The molecule has 1 heterocycles. The summed E-state index contributed by atoms with van der Waals surface area (Å²) in [5, 5.41) is 17.4. The minimum atomic E-state index is -1.13. The Morgan fingerprint density at radius 3 is 2.00 bits per heavy atom. The van der Waals surface area contributed by atoms with E-state index in [-0.39, 0.29) is 24.7 Å². The zero-order valence-corrected chi connectivity index (χ0v) is 21.8. The fourth-order valence-electron chi connectivity index (χ4n) is 3.71. The molecular weight excluding hydrogens is 466 g/mol. The zero-order chi connectivity index (χ0) is 27.3. The van der Waals surface area contributed by atoms with Gasteiger partial charge in [-0.15, -0.1) is 0 Å². The number of unbranched alkanes of at least 4 members (excludes halogenated alkanes) is 1. The lowest BCUT2D eigenvalue weighted by Gasteiger charge is -2.26. The third kappa shape index (κ3) is 11.6. The van der Waals surface area contributed by atoms with Gasteiger partial charge in [-0.3, -0.25) is 14.4 Å². The molecule has 3 amide bonds. The van der Waals surface area contributed by atoms with Crippen molar-refractivity contribution >= 4 is 23.7 Å². The number of carbonyl (C=O) groups is 4. The SMILES string of the molecule is CC(C)CC(NC(=O)C(CC(C)C)NC(=O)C(CCCCN)NC(=O)C(N)Cc1cnc[nH]1)C(=O)O. The van der Waals surface area contributed by atoms with Crippen LogP contribution in [0.25, 0.3) is 0 Å². The highest BCUT2D eigenvalue weighted by atomic mass is 16.4. The van der Waals surface area contributed by atoms with Gasteiger partial charge in [0.2, 0.25) is 17.7 Å². The Morgan fingerprint density at radius 1 is 0.917 bits per heavy atom. The van der Waals surface area contributed by atoms with Crippen molar-refractivity contribution < 1.29 is 24.3 Å². The predicted octanol–water partition coefficient (Wildman–Crippen LogP) is 0.0397. The van der Waals surface area contributed by atoms with Gasteiger partial charge in [0, 0.05) is 18.3 Å². The van der Waals surface area contributed by atoms with E-state index in [4.69, 9.17) is 11.5 Å². The first-order chi connectivity index (χ1) is 16.9. The van der Waals surface area contributed by atoms with Gasteiger partial charge in [-0.2, -0.15) is 0 Å². The second kappa shape index (κ2) is 15.9. The highest BCUT2D eigenvalue weighted by Gasteiger charge is 2.31. The highest BCUT2D eigenvalue weighted by molar-refractivity contribution is 5.94. The Hall–Kier alpha value is -2.99. The molecule has 9 N–H and O–H groups in total. The summed E-state index contributed by atoms with van der Waals surface area (Å²) >= 11 is 0. The van der Waals surface area contributed by atoms with Crippen LogP contribution in [-0.4, -0.2) is 69.5 Å². The number of carboxylic acids is 1. The van der Waals surface area contributed by atoms with E-state index in [1.54, 1.807) is 6.20 Å². The van der Waals surface area contributed by atoms with Gasteiger partial charge in [0.15, 0.2) is 0 Å². The van der Waals surface area contributed by atoms with E-state index >= 15 is 0 Å². The molecule has 0 saturated heterocycles. The molecule has 4 unspecified atom stereocenters. The summed E-state index contributed by atoms with van der Waals surface area (Å²) in [5.41, 5.74) is 12.3. The summed E-state index contributed by atoms with van der Waals surface area (Å²) in [5.74, 6) is -2.66. The number of nitrogens with one attached hydrogen (secondary N) is 4. The molecule has 204 valence electrons. The molecule has 0 spiro atoms. The smallest absolute Gasteiger partial charge is 0.326 e. The first-order valence-corrected chi connectivity index (χ1v) is 12.5. The molecule has 0 bridgehead atoms. The minimum absolute atomic E-state index is 0.0440. The van der Waals surface area contributed by atoms with Crippen molar-refractivity contribution in [1.82, 2.24) is 25.9 Å². The van der Waals surface area contributed by atoms with E-state index < -0.39 is 47.9 Å². The maximum atomic E-state index is 13.2. The zero-order valence-electron chi connectivity index (χ0n) is 21.8. The van der Waals surface area contributed by atoms with Crippen molar-refractivity contribution in [2.75, 3.05) is 6.54 Å². The summed E-state index contributed by atoms with van der Waals surface area (Å²) in [6.07, 6.45) is 5.38. The lowest BCUT2D eigenvalue weighted by molar-refractivity contribution is -0.143. The van der Waals surface area contributed by atoms with Crippen molar-refractivity contribution in [3.8, 4) is 0 Å². The molecule has 0 fully saturated rings. The monoisotopic (exact) mass is 509 g/mol. The van der Waals surface area contributed by atoms with Gasteiger partial charge in [-0.25, -0.2) is 9.78 Å². The van der Waals surface area contributed by atoms with Gasteiger partial charge in [-0.1, -0.05) is 27.7 Å². The van der Waals surface area contributed by atoms with E-state index in [0.29, 0.717) is 37.9 Å². The number of imidazole rings is 1. The van der Waals surface area contributed by atoms with Crippen LogP contribution >= 0.6 is 0 Å². The minimum Gasteiger partial charge on any atom is -0.480 e. The van der Waals surface area contributed by atoms with Crippen LogP contribution in [0.1, 0.15) is 65.5 Å². The second-order valence-electron chi connectivity index (χ2n) is 9.95. The van der Waals surface area contributed by atoms with Crippen molar-refractivity contribution in [2.24, 2.45) is 23.3 Å². The van der Waals surface area contributed by atoms with Gasteiger partial charge in [0.1, 0.15) is 18.1 Å². The lowest BCUT2D eigenvalue weighted by Crippen LogP contribution is -2.57. The van der Waals surface area contributed by atoms with Crippen molar-refractivity contribution in [3.05, 3.63) is 18.2 Å². The van der Waals surface area contributed by atoms with Gasteiger partial charge >= 0.3 is 5.97 Å². The number of rotatable bonds is 17. The van der Waals surface area contributed by atoms with E-state index in [2.05, 4.69) is 25.9 Å². The van der Waals surface area contributed by atoms with Crippen LogP contribution in [0.3, 0.4) is 0 Å². The maximum absolute atomic E-state index is 13.2. The second-order valence-corrected chi connectivity index (χ2v) is 9.95. The van der Waals surface area contributed by atoms with Crippen LogP contribution < -0.4 is 27.4 Å². The molecule has 0 radical (unpaired) electrons. The molecule has 12 heteroatoms. The van der Waals surface area contributed by atoms with Gasteiger partial charge in [-0.05, 0) is 50.5 Å².